The standard InChI is InChI=1S/C21H26F6N2O3/c1-19(2,3)32-18(31)28(4)11-13-6-5-7-29(12-13)17(30)14-8-15(20(22,23)24)10-16(9-14)21(25,26)27/h8-10,13H,5-7,11-12H2,1-4H3. The summed E-state index contributed by atoms with van der Waals surface area (Å²) in [5.74, 6) is -1.11. The smallest absolute Gasteiger partial charge is 0.416 e. The molecule has 11 heteroatoms. The summed E-state index contributed by atoms with van der Waals surface area (Å²) in [7, 11) is 1.53. The van der Waals surface area contributed by atoms with Crippen molar-refractivity contribution < 1.29 is 40.7 Å². The van der Waals surface area contributed by atoms with Crippen LogP contribution in [0.3, 0.4) is 0 Å². The van der Waals surface area contributed by atoms with Gasteiger partial charge in [0.25, 0.3) is 5.91 Å². The molecular weight excluding hydrogens is 442 g/mol. The molecule has 0 aliphatic carbocycles. The molecule has 0 spiro atoms. The van der Waals surface area contributed by atoms with Crippen LogP contribution in [-0.2, 0) is 17.1 Å². The lowest BCUT2D eigenvalue weighted by Crippen LogP contribution is -2.45. The Kier molecular flexibility index (Phi) is 7.41. The summed E-state index contributed by atoms with van der Waals surface area (Å²) in [6.45, 7) is 5.67. The van der Waals surface area contributed by atoms with Gasteiger partial charge in [-0.25, -0.2) is 4.79 Å². The first kappa shape index (κ1) is 25.8. The second kappa shape index (κ2) is 9.19. The molecule has 180 valence electrons. The average Bonchev–Trinajstić information content (AvgIpc) is 2.64. The van der Waals surface area contributed by atoms with Crippen molar-refractivity contribution in [1.82, 2.24) is 9.80 Å². The van der Waals surface area contributed by atoms with Crippen molar-refractivity contribution in [3.63, 3.8) is 0 Å². The first-order valence-corrected chi connectivity index (χ1v) is 10.0. The Labute approximate surface area is 182 Å². The number of ether oxygens (including phenoxy) is 1. The van der Waals surface area contributed by atoms with Gasteiger partial charge in [-0.05, 0) is 57.7 Å². The van der Waals surface area contributed by atoms with E-state index >= 15 is 0 Å². The monoisotopic (exact) mass is 468 g/mol. The molecule has 1 atom stereocenters. The number of piperidine rings is 1. The van der Waals surface area contributed by atoms with Crippen molar-refractivity contribution in [2.75, 3.05) is 26.7 Å². The van der Waals surface area contributed by atoms with Gasteiger partial charge < -0.3 is 14.5 Å². The quantitative estimate of drug-likeness (QED) is 0.555. The number of alkyl halides is 6. The van der Waals surface area contributed by atoms with Crippen molar-refractivity contribution in [1.29, 1.82) is 0 Å². The Morgan fingerprint density at radius 1 is 1.03 bits per heavy atom. The van der Waals surface area contributed by atoms with Crippen molar-refractivity contribution in [3.05, 3.63) is 34.9 Å². The van der Waals surface area contributed by atoms with Crippen LogP contribution in [0.15, 0.2) is 18.2 Å². The topological polar surface area (TPSA) is 49.9 Å². The van der Waals surface area contributed by atoms with Crippen LogP contribution in [0.2, 0.25) is 0 Å². The van der Waals surface area contributed by atoms with Crippen LogP contribution in [-0.4, -0.2) is 54.1 Å². The van der Waals surface area contributed by atoms with Gasteiger partial charge in [-0.1, -0.05) is 0 Å². The van der Waals surface area contributed by atoms with E-state index in [4.69, 9.17) is 4.74 Å². The highest BCUT2D eigenvalue weighted by atomic mass is 19.4. The zero-order chi connectivity index (χ0) is 24.5. The molecule has 1 fully saturated rings. The Balaban J connectivity index is 2.18. The summed E-state index contributed by atoms with van der Waals surface area (Å²) in [5.41, 5.74) is -4.43. The van der Waals surface area contributed by atoms with Crippen molar-refractivity contribution >= 4 is 12.0 Å². The predicted octanol–water partition coefficient (Wildman–Crippen LogP) is 5.44. The molecule has 32 heavy (non-hydrogen) atoms. The Morgan fingerprint density at radius 3 is 2.03 bits per heavy atom. The second-order valence-corrected chi connectivity index (χ2v) is 8.91. The SMILES string of the molecule is CN(CC1CCCN(C(=O)c2cc(C(F)(F)F)cc(C(F)(F)F)c2)C1)C(=O)OC(C)(C)C. The molecular formula is C21H26F6N2O3. The zero-order valence-electron chi connectivity index (χ0n) is 18.2. The predicted molar refractivity (Wildman–Crippen MR) is 104 cm³/mol. The molecule has 1 heterocycles. The lowest BCUT2D eigenvalue weighted by atomic mass is 9.96. The van der Waals surface area contributed by atoms with E-state index in [2.05, 4.69) is 0 Å². The largest absolute Gasteiger partial charge is 0.444 e. The highest BCUT2D eigenvalue weighted by Gasteiger charge is 2.38. The Morgan fingerprint density at radius 2 is 1.56 bits per heavy atom. The zero-order valence-corrected chi connectivity index (χ0v) is 18.2. The lowest BCUT2D eigenvalue weighted by Gasteiger charge is -2.35. The third-order valence-electron chi connectivity index (χ3n) is 4.88. The van der Waals surface area contributed by atoms with Crippen LogP contribution >= 0.6 is 0 Å². The molecule has 0 saturated carbocycles. The molecule has 2 amide bonds. The maximum atomic E-state index is 13.1. The van der Waals surface area contributed by atoms with E-state index in [1.54, 1.807) is 20.8 Å². The number of hydrogen-bond acceptors (Lipinski definition) is 3. The Bertz CT molecular complexity index is 813. The van der Waals surface area contributed by atoms with Crippen LogP contribution in [0.1, 0.15) is 55.1 Å². The number of likely N-dealkylation sites (tertiary alicyclic amines) is 1. The summed E-state index contributed by atoms with van der Waals surface area (Å²) < 4.78 is 83.9. The molecule has 1 aliphatic heterocycles. The minimum Gasteiger partial charge on any atom is -0.444 e. The number of rotatable bonds is 3. The van der Waals surface area contributed by atoms with E-state index in [9.17, 15) is 35.9 Å². The molecule has 2 rings (SSSR count). The van der Waals surface area contributed by atoms with Crippen LogP contribution in [0.25, 0.3) is 0 Å². The first-order chi connectivity index (χ1) is 14.5. The van der Waals surface area contributed by atoms with E-state index in [1.807, 2.05) is 0 Å². The molecule has 1 aromatic rings. The van der Waals surface area contributed by atoms with Crippen LogP contribution in [0.4, 0.5) is 31.1 Å². The van der Waals surface area contributed by atoms with Gasteiger partial charge in [-0.3, -0.25) is 4.79 Å². The number of carbonyl (C=O) groups is 2. The van der Waals surface area contributed by atoms with E-state index < -0.39 is 46.6 Å². The highest BCUT2D eigenvalue weighted by Crippen LogP contribution is 2.36. The van der Waals surface area contributed by atoms with Gasteiger partial charge in [0, 0.05) is 32.2 Å². The van der Waals surface area contributed by atoms with Crippen molar-refractivity contribution in [3.8, 4) is 0 Å². The second-order valence-electron chi connectivity index (χ2n) is 8.91. The summed E-state index contributed by atoms with van der Waals surface area (Å²) in [6.07, 6.45) is -9.47. The summed E-state index contributed by atoms with van der Waals surface area (Å²) in [6, 6.07) is 0.869. The van der Waals surface area contributed by atoms with Gasteiger partial charge in [0.15, 0.2) is 0 Å². The third-order valence-corrected chi connectivity index (χ3v) is 4.88. The fourth-order valence-electron chi connectivity index (χ4n) is 3.46. The maximum absolute atomic E-state index is 13.1. The van der Waals surface area contributed by atoms with E-state index in [1.165, 1.54) is 16.8 Å². The minimum absolute atomic E-state index is 0.00835. The number of halogens is 6. The third kappa shape index (κ3) is 7.03. The van der Waals surface area contributed by atoms with Crippen LogP contribution < -0.4 is 0 Å². The summed E-state index contributed by atoms with van der Waals surface area (Å²) >= 11 is 0. The number of nitrogens with zero attached hydrogens (tertiary/aromatic N) is 2. The van der Waals surface area contributed by atoms with Gasteiger partial charge in [0.05, 0.1) is 11.1 Å². The molecule has 0 radical (unpaired) electrons. The molecule has 1 unspecified atom stereocenters. The normalized spacial score (nSPS) is 17.8. The number of benzene rings is 1. The van der Waals surface area contributed by atoms with E-state index in [0.717, 1.165) is 0 Å². The maximum Gasteiger partial charge on any atom is 0.416 e. The number of hydrogen-bond donors (Lipinski definition) is 0. The molecule has 0 N–H and O–H groups in total. The average molecular weight is 468 g/mol. The van der Waals surface area contributed by atoms with Crippen molar-refractivity contribution in [2.24, 2.45) is 5.92 Å². The Hall–Kier alpha value is -2.46. The molecule has 1 aliphatic rings. The summed E-state index contributed by atoms with van der Waals surface area (Å²) in [4.78, 5) is 27.5. The van der Waals surface area contributed by atoms with E-state index in [0.29, 0.717) is 25.0 Å². The summed E-state index contributed by atoms with van der Waals surface area (Å²) in [5, 5.41) is 0. The number of carbonyl (C=O) groups excluding carboxylic acids is 2. The highest BCUT2D eigenvalue weighted by molar-refractivity contribution is 5.94. The fraction of sp³-hybridized carbons (Fsp3) is 0.619. The molecule has 0 bridgehead atoms. The number of amides is 2. The fourth-order valence-corrected chi connectivity index (χ4v) is 3.46. The first-order valence-electron chi connectivity index (χ1n) is 10.0. The van der Waals surface area contributed by atoms with Gasteiger partial charge in [-0.2, -0.15) is 26.3 Å². The van der Waals surface area contributed by atoms with Crippen molar-refractivity contribution in [2.45, 2.75) is 51.6 Å². The molecule has 0 aromatic heterocycles. The van der Waals surface area contributed by atoms with E-state index in [-0.39, 0.29) is 31.6 Å². The van der Waals surface area contributed by atoms with Crippen LogP contribution in [0.5, 0.6) is 0 Å². The van der Waals surface area contributed by atoms with Gasteiger partial charge in [0.2, 0.25) is 0 Å². The minimum atomic E-state index is -5.03. The van der Waals surface area contributed by atoms with Gasteiger partial charge in [-0.15, -0.1) is 0 Å². The molecule has 5 nitrogen and oxygen atoms in total. The van der Waals surface area contributed by atoms with Gasteiger partial charge in [0.1, 0.15) is 5.60 Å². The van der Waals surface area contributed by atoms with Gasteiger partial charge >= 0.3 is 18.4 Å². The van der Waals surface area contributed by atoms with Crippen LogP contribution in [0, 0.1) is 5.92 Å². The molecule has 1 saturated heterocycles. The molecule has 1 aromatic carbocycles. The lowest BCUT2D eigenvalue weighted by molar-refractivity contribution is -0.143.